The van der Waals surface area contributed by atoms with Crippen molar-refractivity contribution in [2.45, 2.75) is 97.2 Å². The lowest BCUT2D eigenvalue weighted by atomic mass is 9.76. The van der Waals surface area contributed by atoms with Crippen molar-refractivity contribution in [2.75, 3.05) is 5.32 Å². The number of pyridine rings is 1. The Morgan fingerprint density at radius 3 is 2.63 bits per heavy atom. The first kappa shape index (κ1) is 25.1. The van der Waals surface area contributed by atoms with Crippen molar-refractivity contribution in [1.82, 2.24) is 15.0 Å². The summed E-state index contributed by atoms with van der Waals surface area (Å²) in [4.78, 5) is 24.9. The number of aromatic amines is 1. The summed E-state index contributed by atoms with van der Waals surface area (Å²) in [6.07, 6.45) is 9.43. The van der Waals surface area contributed by atoms with Gasteiger partial charge in [0.2, 0.25) is 0 Å². The lowest BCUT2D eigenvalue weighted by Crippen LogP contribution is -2.46. The van der Waals surface area contributed by atoms with Gasteiger partial charge in [0.05, 0.1) is 22.6 Å². The van der Waals surface area contributed by atoms with E-state index in [0.29, 0.717) is 5.69 Å². The van der Waals surface area contributed by atoms with E-state index in [2.05, 4.69) is 62.9 Å². The molecule has 1 aliphatic heterocycles. The summed E-state index contributed by atoms with van der Waals surface area (Å²) in [6.45, 7) is 13.3. The number of amides is 1. The maximum atomic E-state index is 12.9. The van der Waals surface area contributed by atoms with Gasteiger partial charge >= 0.3 is 0 Å². The molecule has 1 saturated heterocycles. The van der Waals surface area contributed by atoms with Crippen LogP contribution in [-0.4, -0.2) is 32.1 Å². The minimum absolute atomic E-state index is 0.111. The van der Waals surface area contributed by atoms with E-state index < -0.39 is 0 Å². The Hall–Kier alpha value is -2.98. The van der Waals surface area contributed by atoms with Crippen LogP contribution in [0, 0.1) is 16.7 Å². The van der Waals surface area contributed by atoms with E-state index in [1.54, 1.807) is 0 Å². The zero-order valence-corrected chi connectivity index (χ0v) is 21.8. The van der Waals surface area contributed by atoms with Crippen LogP contribution in [0.5, 0.6) is 0 Å². The summed E-state index contributed by atoms with van der Waals surface area (Å²) in [7, 11) is 0. The molecule has 2 unspecified atom stereocenters. The summed E-state index contributed by atoms with van der Waals surface area (Å²) >= 11 is 0. The highest BCUT2D eigenvalue weighted by Gasteiger charge is 2.42. The number of imidazole rings is 1. The molecule has 0 bridgehead atoms. The molecule has 0 aromatic carbocycles. The van der Waals surface area contributed by atoms with Crippen molar-refractivity contribution in [1.29, 1.82) is 5.26 Å². The molecule has 0 saturated carbocycles. The zero-order chi connectivity index (χ0) is 25.4. The van der Waals surface area contributed by atoms with Crippen LogP contribution < -0.4 is 5.32 Å². The van der Waals surface area contributed by atoms with Crippen LogP contribution in [-0.2, 0) is 4.74 Å². The van der Waals surface area contributed by atoms with E-state index in [-0.39, 0.29) is 40.0 Å². The van der Waals surface area contributed by atoms with Gasteiger partial charge in [0.1, 0.15) is 6.07 Å². The van der Waals surface area contributed by atoms with Gasteiger partial charge in [-0.2, -0.15) is 5.26 Å². The van der Waals surface area contributed by atoms with Crippen LogP contribution in [0.1, 0.15) is 114 Å². The number of carbonyl (C=O) groups is 1. The molecule has 2 aromatic heterocycles. The summed E-state index contributed by atoms with van der Waals surface area (Å²) in [6, 6.07) is 5.95. The third kappa shape index (κ3) is 5.65. The maximum absolute atomic E-state index is 12.9. The minimum atomic E-state index is -0.384. The zero-order valence-electron chi connectivity index (χ0n) is 21.8. The molecule has 1 fully saturated rings. The second-order valence-electron chi connectivity index (χ2n) is 11.7. The second-order valence-corrected chi connectivity index (χ2v) is 11.7. The SMILES string of the molecule is CCC1(C)CC(c2ccc(NC(=O)c3nc(C#N)c[nH]3)c(C3=CCC(C)(C)CC3)n2)CC(C)(C)O1. The fraction of sp³-hybridized carbons (Fsp3) is 0.571. The molecular weight excluding hydrogens is 438 g/mol. The van der Waals surface area contributed by atoms with Crippen LogP contribution >= 0.6 is 0 Å². The van der Waals surface area contributed by atoms with Gasteiger partial charge in [0.15, 0.2) is 11.5 Å². The van der Waals surface area contributed by atoms with Crippen LogP contribution in [0.15, 0.2) is 24.4 Å². The fourth-order valence-corrected chi connectivity index (χ4v) is 5.38. The van der Waals surface area contributed by atoms with Crippen LogP contribution in [0.3, 0.4) is 0 Å². The highest BCUT2D eigenvalue weighted by molar-refractivity contribution is 6.03. The van der Waals surface area contributed by atoms with Crippen molar-refractivity contribution in [3.05, 3.63) is 47.3 Å². The van der Waals surface area contributed by atoms with E-state index in [4.69, 9.17) is 15.0 Å². The lowest BCUT2D eigenvalue weighted by Gasteiger charge is -2.46. The maximum Gasteiger partial charge on any atom is 0.291 e. The number of carbonyl (C=O) groups excluding carboxylic acids is 1. The van der Waals surface area contributed by atoms with Gasteiger partial charge in [-0.05, 0) is 82.4 Å². The number of nitriles is 1. The molecule has 7 nitrogen and oxygen atoms in total. The number of hydrogen-bond donors (Lipinski definition) is 2. The molecular formula is C28H37N5O2. The standard InChI is InChI=1S/C28H37N5O2/c1-7-28(6)15-19(14-27(4,5)35-28)21-8-9-22(33-25(34)24-30-17-20(16-29)31-24)23(32-21)18-10-12-26(2,3)13-11-18/h8-10,17,19H,7,11-15H2,1-6H3,(H,30,31)(H,33,34). The van der Waals surface area contributed by atoms with Gasteiger partial charge in [-0.15, -0.1) is 0 Å². The number of anilines is 1. The molecule has 2 aromatic rings. The third-order valence-electron chi connectivity index (χ3n) is 7.45. The first-order chi connectivity index (χ1) is 16.4. The Morgan fingerprint density at radius 2 is 2.00 bits per heavy atom. The van der Waals surface area contributed by atoms with Gasteiger partial charge in [0, 0.05) is 17.8 Å². The summed E-state index contributed by atoms with van der Waals surface area (Å²) < 4.78 is 6.44. The third-order valence-corrected chi connectivity index (χ3v) is 7.45. The van der Waals surface area contributed by atoms with E-state index in [0.717, 1.165) is 49.9 Å². The monoisotopic (exact) mass is 475 g/mol. The average Bonchev–Trinajstić information content (AvgIpc) is 3.28. The van der Waals surface area contributed by atoms with Gasteiger partial charge in [-0.1, -0.05) is 26.8 Å². The topological polar surface area (TPSA) is 104 Å². The van der Waals surface area contributed by atoms with Crippen molar-refractivity contribution < 1.29 is 9.53 Å². The van der Waals surface area contributed by atoms with E-state index >= 15 is 0 Å². The van der Waals surface area contributed by atoms with E-state index in [1.165, 1.54) is 11.8 Å². The molecule has 0 spiro atoms. The number of ether oxygens (including phenoxy) is 1. The smallest absolute Gasteiger partial charge is 0.291 e. The molecule has 4 rings (SSSR count). The normalized spacial score (nSPS) is 25.4. The molecule has 1 amide bonds. The van der Waals surface area contributed by atoms with Crippen LogP contribution in [0.2, 0.25) is 0 Å². The number of nitrogens with one attached hydrogen (secondary N) is 2. The predicted molar refractivity (Wildman–Crippen MR) is 137 cm³/mol. The quantitative estimate of drug-likeness (QED) is 0.523. The molecule has 186 valence electrons. The number of rotatable bonds is 5. The fourth-order valence-electron chi connectivity index (χ4n) is 5.38. The highest BCUT2D eigenvalue weighted by Crippen LogP contribution is 2.45. The molecule has 1 aliphatic carbocycles. The number of aromatic nitrogens is 3. The van der Waals surface area contributed by atoms with Crippen molar-refractivity contribution >= 4 is 17.2 Å². The van der Waals surface area contributed by atoms with E-state index in [1.807, 2.05) is 18.2 Å². The van der Waals surface area contributed by atoms with Crippen LogP contribution in [0.25, 0.3) is 5.57 Å². The molecule has 2 aliphatic rings. The molecule has 7 heteroatoms. The van der Waals surface area contributed by atoms with Gasteiger partial charge < -0.3 is 15.0 Å². The number of nitrogens with zero attached hydrogens (tertiary/aromatic N) is 3. The Labute approximate surface area is 208 Å². The van der Waals surface area contributed by atoms with Crippen molar-refractivity contribution in [3.8, 4) is 6.07 Å². The second kappa shape index (κ2) is 9.23. The first-order valence-corrected chi connectivity index (χ1v) is 12.6. The Morgan fingerprint density at radius 1 is 1.23 bits per heavy atom. The summed E-state index contributed by atoms with van der Waals surface area (Å²) in [5.74, 6) is 0.00103. The van der Waals surface area contributed by atoms with Crippen LogP contribution in [0.4, 0.5) is 5.69 Å². The molecule has 35 heavy (non-hydrogen) atoms. The number of H-pyrrole nitrogens is 1. The molecule has 3 heterocycles. The first-order valence-electron chi connectivity index (χ1n) is 12.6. The highest BCUT2D eigenvalue weighted by atomic mass is 16.5. The van der Waals surface area contributed by atoms with E-state index in [9.17, 15) is 4.79 Å². The average molecular weight is 476 g/mol. The Bertz CT molecular complexity index is 1190. The summed E-state index contributed by atoms with van der Waals surface area (Å²) in [5, 5.41) is 12.0. The Kier molecular flexibility index (Phi) is 6.63. The largest absolute Gasteiger partial charge is 0.369 e. The number of allylic oxidation sites excluding steroid dienone is 2. The van der Waals surface area contributed by atoms with Gasteiger partial charge in [-0.3, -0.25) is 9.78 Å². The molecule has 0 radical (unpaired) electrons. The Balaban J connectivity index is 1.70. The van der Waals surface area contributed by atoms with Gasteiger partial charge in [-0.25, -0.2) is 4.98 Å². The van der Waals surface area contributed by atoms with Crippen molar-refractivity contribution in [3.63, 3.8) is 0 Å². The minimum Gasteiger partial charge on any atom is -0.369 e. The molecule has 2 atom stereocenters. The number of hydrogen-bond acceptors (Lipinski definition) is 5. The summed E-state index contributed by atoms with van der Waals surface area (Å²) in [5.41, 5.74) is 3.75. The predicted octanol–water partition coefficient (Wildman–Crippen LogP) is 6.36. The van der Waals surface area contributed by atoms with Gasteiger partial charge in [0.25, 0.3) is 5.91 Å². The molecule has 2 N–H and O–H groups in total. The van der Waals surface area contributed by atoms with Crippen molar-refractivity contribution in [2.24, 2.45) is 5.41 Å². The lowest BCUT2D eigenvalue weighted by molar-refractivity contribution is -0.172.